The van der Waals surface area contributed by atoms with Crippen LogP contribution in [0, 0.1) is 0 Å². The van der Waals surface area contributed by atoms with Crippen molar-refractivity contribution in [1.29, 1.82) is 0 Å². The van der Waals surface area contributed by atoms with E-state index in [0.29, 0.717) is 23.1 Å². The van der Waals surface area contributed by atoms with Crippen LogP contribution in [0.1, 0.15) is 12.0 Å². The molecule has 4 rings (SSSR count). The third kappa shape index (κ3) is 4.43. The summed E-state index contributed by atoms with van der Waals surface area (Å²) in [5.74, 6) is 1.57. The van der Waals surface area contributed by atoms with Crippen LogP contribution in [0.4, 0.5) is 36.3 Å². The van der Waals surface area contributed by atoms with E-state index < -0.39 is 11.7 Å². The molecule has 2 heterocycles. The van der Waals surface area contributed by atoms with Gasteiger partial charge >= 0.3 is 6.18 Å². The first kappa shape index (κ1) is 21.0. The summed E-state index contributed by atoms with van der Waals surface area (Å²) in [5, 5.41) is 6.97. The Kier molecular flexibility index (Phi) is 5.48. The van der Waals surface area contributed by atoms with Crippen molar-refractivity contribution in [3.8, 4) is 5.75 Å². The lowest BCUT2D eigenvalue weighted by Gasteiger charge is -2.21. The van der Waals surface area contributed by atoms with Crippen molar-refractivity contribution in [2.24, 2.45) is 0 Å². The molecular weight excluding hydrogens is 409 g/mol. The largest absolute Gasteiger partial charge is 0.497 e. The molecule has 1 aliphatic rings. The number of nitrogens with one attached hydrogen (secondary N) is 2. The highest BCUT2D eigenvalue weighted by Crippen LogP contribution is 2.35. The molecular formula is C21H23F3N6O. The Bertz CT molecular complexity index is 1100. The van der Waals surface area contributed by atoms with Crippen LogP contribution < -0.4 is 26.0 Å². The first-order valence-electron chi connectivity index (χ1n) is 9.79. The summed E-state index contributed by atoms with van der Waals surface area (Å²) >= 11 is 0. The Morgan fingerprint density at radius 3 is 2.65 bits per heavy atom. The van der Waals surface area contributed by atoms with Crippen molar-refractivity contribution in [3.63, 3.8) is 0 Å². The van der Waals surface area contributed by atoms with Crippen LogP contribution in [0.15, 0.2) is 36.4 Å². The monoisotopic (exact) mass is 432 g/mol. The Morgan fingerprint density at radius 1 is 1.16 bits per heavy atom. The van der Waals surface area contributed by atoms with Gasteiger partial charge in [0.1, 0.15) is 11.6 Å². The van der Waals surface area contributed by atoms with Crippen LogP contribution in [-0.4, -0.2) is 43.3 Å². The predicted octanol–water partition coefficient (Wildman–Crippen LogP) is 3.78. The lowest BCUT2D eigenvalue weighted by atomic mass is 10.1. The standard InChI is InChI=1S/C21H23F3N6O/c1-26-14-5-6-30(11-14)19-17-10-16(31-2)3-4-18(17)28-20(29-19)27-15-8-12(21(22,23)24)7-13(25)9-15/h3-4,7-10,14,26H,5-6,11,25H2,1-2H3,(H,27,28,29). The highest BCUT2D eigenvalue weighted by atomic mass is 19.4. The molecule has 164 valence electrons. The molecule has 0 radical (unpaired) electrons. The van der Waals surface area contributed by atoms with Gasteiger partial charge in [0.05, 0.1) is 18.2 Å². The zero-order chi connectivity index (χ0) is 22.2. The SMILES string of the molecule is CNC1CCN(c2nc(Nc3cc(N)cc(C(F)(F)F)c3)nc3ccc(OC)cc23)C1. The van der Waals surface area contributed by atoms with Gasteiger partial charge in [-0.1, -0.05) is 0 Å². The molecule has 1 saturated heterocycles. The number of fused-ring (bicyclic) bond motifs is 1. The van der Waals surface area contributed by atoms with E-state index >= 15 is 0 Å². The Balaban J connectivity index is 1.76. The lowest BCUT2D eigenvalue weighted by molar-refractivity contribution is -0.137. The minimum absolute atomic E-state index is 0.000482. The molecule has 3 aromatic rings. The van der Waals surface area contributed by atoms with Gasteiger partial charge in [-0.2, -0.15) is 18.2 Å². The molecule has 10 heteroatoms. The predicted molar refractivity (Wildman–Crippen MR) is 115 cm³/mol. The van der Waals surface area contributed by atoms with Gasteiger partial charge in [0.15, 0.2) is 0 Å². The van der Waals surface area contributed by atoms with Gasteiger partial charge in [-0.05, 0) is 49.9 Å². The number of nitrogens with two attached hydrogens (primary N) is 1. The average Bonchev–Trinajstić information content (AvgIpc) is 3.21. The Morgan fingerprint density at radius 2 is 1.97 bits per heavy atom. The van der Waals surface area contributed by atoms with E-state index in [1.165, 1.54) is 6.07 Å². The summed E-state index contributed by atoms with van der Waals surface area (Å²) < 4.78 is 44.8. The quantitative estimate of drug-likeness (QED) is 0.529. The zero-order valence-corrected chi connectivity index (χ0v) is 17.1. The Hall–Kier alpha value is -3.27. The van der Waals surface area contributed by atoms with Crippen molar-refractivity contribution >= 4 is 34.0 Å². The first-order valence-corrected chi connectivity index (χ1v) is 9.79. The first-order chi connectivity index (χ1) is 14.8. The fourth-order valence-electron chi connectivity index (χ4n) is 3.72. The Labute approximate surface area is 177 Å². The van der Waals surface area contributed by atoms with Crippen molar-refractivity contribution < 1.29 is 17.9 Å². The van der Waals surface area contributed by atoms with Gasteiger partial charge in [-0.25, -0.2) is 4.98 Å². The van der Waals surface area contributed by atoms with Gasteiger partial charge in [-0.15, -0.1) is 0 Å². The van der Waals surface area contributed by atoms with Crippen LogP contribution in [0.2, 0.25) is 0 Å². The smallest absolute Gasteiger partial charge is 0.416 e. The van der Waals surface area contributed by atoms with Gasteiger partial charge in [0, 0.05) is 35.9 Å². The minimum atomic E-state index is -4.50. The van der Waals surface area contributed by atoms with Crippen molar-refractivity contribution in [1.82, 2.24) is 15.3 Å². The molecule has 4 N–H and O–H groups in total. The summed E-state index contributed by atoms with van der Waals surface area (Å²) in [7, 11) is 3.50. The second-order valence-electron chi connectivity index (χ2n) is 7.44. The highest BCUT2D eigenvalue weighted by Gasteiger charge is 2.31. The van der Waals surface area contributed by atoms with Crippen LogP contribution in [0.25, 0.3) is 10.9 Å². The summed E-state index contributed by atoms with van der Waals surface area (Å²) in [5.41, 5.74) is 5.67. The second kappa shape index (κ2) is 8.10. The maximum Gasteiger partial charge on any atom is 0.416 e. The third-order valence-electron chi connectivity index (χ3n) is 5.32. The van der Waals surface area contributed by atoms with Gasteiger partial charge in [0.25, 0.3) is 0 Å². The number of aromatic nitrogens is 2. The molecule has 1 unspecified atom stereocenters. The molecule has 0 aliphatic carbocycles. The van der Waals surface area contributed by atoms with E-state index in [-0.39, 0.29) is 17.3 Å². The fraction of sp³-hybridized carbons (Fsp3) is 0.333. The number of benzene rings is 2. The summed E-state index contributed by atoms with van der Waals surface area (Å²) in [6.45, 7) is 1.56. The number of anilines is 4. The maximum absolute atomic E-state index is 13.2. The molecule has 1 atom stereocenters. The van der Waals surface area contributed by atoms with E-state index in [0.717, 1.165) is 37.0 Å². The zero-order valence-electron chi connectivity index (χ0n) is 17.1. The van der Waals surface area contributed by atoms with Gasteiger partial charge < -0.3 is 26.0 Å². The van der Waals surface area contributed by atoms with Crippen LogP contribution in [0.5, 0.6) is 5.75 Å². The van der Waals surface area contributed by atoms with E-state index in [9.17, 15) is 13.2 Å². The molecule has 1 fully saturated rings. The summed E-state index contributed by atoms with van der Waals surface area (Å²) in [6.07, 6.45) is -3.55. The third-order valence-corrected chi connectivity index (χ3v) is 5.32. The van der Waals surface area contributed by atoms with E-state index in [1.807, 2.05) is 13.1 Å². The normalized spacial score (nSPS) is 16.7. The lowest BCUT2D eigenvalue weighted by Crippen LogP contribution is -2.30. The topological polar surface area (TPSA) is 88.3 Å². The van der Waals surface area contributed by atoms with E-state index in [4.69, 9.17) is 10.5 Å². The number of methoxy groups -OCH3 is 1. The molecule has 31 heavy (non-hydrogen) atoms. The average molecular weight is 432 g/mol. The molecule has 0 saturated carbocycles. The summed E-state index contributed by atoms with van der Waals surface area (Å²) in [4.78, 5) is 11.3. The molecule has 0 amide bonds. The summed E-state index contributed by atoms with van der Waals surface area (Å²) in [6, 6.07) is 9.08. The highest BCUT2D eigenvalue weighted by molar-refractivity contribution is 5.92. The van der Waals surface area contributed by atoms with Crippen molar-refractivity contribution in [2.75, 3.05) is 43.2 Å². The molecule has 2 aromatic carbocycles. The van der Waals surface area contributed by atoms with Gasteiger partial charge in [0.2, 0.25) is 5.95 Å². The number of rotatable bonds is 5. The second-order valence-corrected chi connectivity index (χ2v) is 7.44. The number of nitrogens with zero attached hydrogens (tertiary/aromatic N) is 3. The minimum Gasteiger partial charge on any atom is -0.497 e. The number of hydrogen-bond donors (Lipinski definition) is 3. The van der Waals surface area contributed by atoms with Crippen LogP contribution in [-0.2, 0) is 6.18 Å². The van der Waals surface area contributed by atoms with Crippen molar-refractivity contribution in [3.05, 3.63) is 42.0 Å². The van der Waals surface area contributed by atoms with Gasteiger partial charge in [-0.3, -0.25) is 0 Å². The van der Waals surface area contributed by atoms with Crippen LogP contribution >= 0.6 is 0 Å². The number of halogens is 3. The molecule has 1 aromatic heterocycles. The fourth-order valence-corrected chi connectivity index (χ4v) is 3.72. The molecule has 7 nitrogen and oxygen atoms in total. The number of nitrogen functional groups attached to an aromatic ring is 1. The maximum atomic E-state index is 13.2. The molecule has 1 aliphatic heterocycles. The number of alkyl halides is 3. The van der Waals surface area contributed by atoms with Crippen molar-refractivity contribution in [2.45, 2.75) is 18.6 Å². The van der Waals surface area contributed by atoms with E-state index in [2.05, 4.69) is 25.5 Å². The number of hydrogen-bond acceptors (Lipinski definition) is 7. The number of ether oxygens (including phenoxy) is 1. The van der Waals surface area contributed by atoms with Crippen LogP contribution in [0.3, 0.4) is 0 Å². The molecule has 0 bridgehead atoms. The number of likely N-dealkylation sites (N-methyl/N-ethyl adjacent to an activating group) is 1. The molecule has 0 spiro atoms. The van der Waals surface area contributed by atoms with E-state index in [1.54, 1.807) is 19.2 Å².